The molecule has 1 fully saturated rings. The number of halogens is 3. The highest BCUT2D eigenvalue weighted by Crippen LogP contribution is 2.31. The Balaban J connectivity index is 2.20. The van der Waals surface area contributed by atoms with Crippen molar-refractivity contribution in [2.45, 2.75) is 31.9 Å². The lowest BCUT2D eigenvalue weighted by Crippen LogP contribution is -2.43. The fourth-order valence-corrected chi connectivity index (χ4v) is 3.61. The van der Waals surface area contributed by atoms with Crippen LogP contribution in [0.1, 0.15) is 31.2 Å². The van der Waals surface area contributed by atoms with Crippen LogP contribution >= 0.6 is 0 Å². The van der Waals surface area contributed by atoms with Crippen LogP contribution in [0.5, 0.6) is 0 Å². The lowest BCUT2D eigenvalue weighted by molar-refractivity contribution is -0.137. The molecule has 25 heavy (non-hydrogen) atoms. The maximum atomic E-state index is 12.7. The molecule has 2 rings (SSSR count). The number of hydrogen-bond donors (Lipinski definition) is 0. The minimum absolute atomic E-state index is 0.0404. The summed E-state index contributed by atoms with van der Waals surface area (Å²) in [6.45, 7) is 0.733. The summed E-state index contributed by atoms with van der Waals surface area (Å²) in [4.78, 5) is 14.1. The Morgan fingerprint density at radius 2 is 1.60 bits per heavy atom. The van der Waals surface area contributed by atoms with Crippen LogP contribution < -0.4 is 4.31 Å². The predicted octanol–water partition coefficient (Wildman–Crippen LogP) is 2.87. The SMILES string of the molecule is CS(=O)(=O)N(CC(=O)N1CCCCCC1)c1ccc(C(F)(F)F)cc1. The number of carbonyl (C=O) groups is 1. The van der Waals surface area contributed by atoms with Crippen LogP contribution in [0, 0.1) is 0 Å². The second-order valence-corrected chi connectivity index (χ2v) is 8.02. The number of likely N-dealkylation sites (tertiary alicyclic amines) is 1. The largest absolute Gasteiger partial charge is 0.416 e. The molecular formula is C16H21F3N2O3S. The van der Waals surface area contributed by atoms with E-state index in [1.165, 1.54) is 0 Å². The Morgan fingerprint density at radius 3 is 2.04 bits per heavy atom. The molecule has 1 aliphatic rings. The van der Waals surface area contributed by atoms with E-state index in [1.807, 2.05) is 0 Å². The fourth-order valence-electron chi connectivity index (χ4n) is 2.76. The molecule has 5 nitrogen and oxygen atoms in total. The minimum atomic E-state index is -4.50. The monoisotopic (exact) mass is 378 g/mol. The van der Waals surface area contributed by atoms with E-state index in [2.05, 4.69) is 0 Å². The van der Waals surface area contributed by atoms with E-state index in [0.29, 0.717) is 13.1 Å². The van der Waals surface area contributed by atoms with Gasteiger partial charge in [0.15, 0.2) is 0 Å². The Kier molecular flexibility index (Phi) is 5.97. The first kappa shape index (κ1) is 19.6. The van der Waals surface area contributed by atoms with Gasteiger partial charge in [-0.05, 0) is 37.1 Å². The Morgan fingerprint density at radius 1 is 1.08 bits per heavy atom. The predicted molar refractivity (Wildman–Crippen MR) is 88.7 cm³/mol. The van der Waals surface area contributed by atoms with Crippen molar-refractivity contribution >= 4 is 21.6 Å². The molecule has 0 atom stereocenters. The van der Waals surface area contributed by atoms with Gasteiger partial charge in [-0.2, -0.15) is 13.2 Å². The summed E-state index contributed by atoms with van der Waals surface area (Å²) in [6, 6.07) is 3.76. The first-order valence-electron chi connectivity index (χ1n) is 8.02. The topological polar surface area (TPSA) is 57.7 Å². The third kappa shape index (κ3) is 5.35. The van der Waals surface area contributed by atoms with Gasteiger partial charge in [-0.3, -0.25) is 9.10 Å². The van der Waals surface area contributed by atoms with Crippen LogP contribution in [0.25, 0.3) is 0 Å². The first-order valence-corrected chi connectivity index (χ1v) is 9.86. The van der Waals surface area contributed by atoms with Crippen molar-refractivity contribution in [1.29, 1.82) is 0 Å². The molecule has 1 aromatic carbocycles. The Labute approximate surface area is 145 Å². The van der Waals surface area contributed by atoms with E-state index in [4.69, 9.17) is 0 Å². The number of alkyl halides is 3. The highest BCUT2D eigenvalue weighted by Gasteiger charge is 2.31. The molecule has 140 valence electrons. The van der Waals surface area contributed by atoms with E-state index < -0.39 is 28.3 Å². The molecule has 1 heterocycles. The van der Waals surface area contributed by atoms with Gasteiger partial charge in [0.2, 0.25) is 15.9 Å². The molecule has 0 aromatic heterocycles. The van der Waals surface area contributed by atoms with Crippen molar-refractivity contribution in [1.82, 2.24) is 4.90 Å². The van der Waals surface area contributed by atoms with Crippen LogP contribution in [0.4, 0.5) is 18.9 Å². The maximum absolute atomic E-state index is 12.7. The standard InChI is InChI=1S/C16H21F3N2O3S/c1-25(23,24)21(12-15(22)20-10-4-2-3-5-11-20)14-8-6-13(7-9-14)16(17,18)19/h6-9H,2-5,10-12H2,1H3. The quantitative estimate of drug-likeness (QED) is 0.810. The second kappa shape index (κ2) is 7.63. The molecule has 0 radical (unpaired) electrons. The number of amides is 1. The van der Waals surface area contributed by atoms with E-state index >= 15 is 0 Å². The summed E-state index contributed by atoms with van der Waals surface area (Å²) in [6.07, 6.45) is 0.212. The van der Waals surface area contributed by atoms with Crippen molar-refractivity contribution in [3.8, 4) is 0 Å². The van der Waals surface area contributed by atoms with Crippen molar-refractivity contribution < 1.29 is 26.4 Å². The van der Waals surface area contributed by atoms with Gasteiger partial charge in [-0.15, -0.1) is 0 Å². The molecule has 1 aromatic rings. The Hall–Kier alpha value is -1.77. The molecule has 0 N–H and O–H groups in total. The average Bonchev–Trinajstić information content (AvgIpc) is 2.80. The summed E-state index contributed by atoms with van der Waals surface area (Å²) in [5, 5.41) is 0. The average molecular weight is 378 g/mol. The molecule has 0 unspecified atom stereocenters. The van der Waals surface area contributed by atoms with Crippen LogP contribution in [0.3, 0.4) is 0 Å². The third-order valence-corrected chi connectivity index (χ3v) is 5.26. The first-order chi connectivity index (χ1) is 11.6. The molecule has 0 bridgehead atoms. The number of carbonyl (C=O) groups excluding carboxylic acids is 1. The zero-order chi connectivity index (χ0) is 18.7. The van der Waals surface area contributed by atoms with Gasteiger partial charge in [0.25, 0.3) is 0 Å². The molecule has 1 saturated heterocycles. The summed E-state index contributed by atoms with van der Waals surface area (Å²) in [5.74, 6) is -0.341. The summed E-state index contributed by atoms with van der Waals surface area (Å²) < 4.78 is 62.9. The van der Waals surface area contributed by atoms with Crippen LogP contribution in [-0.4, -0.2) is 45.1 Å². The zero-order valence-corrected chi connectivity index (χ0v) is 14.7. The molecule has 0 saturated carbocycles. The van der Waals surface area contributed by atoms with Crippen molar-refractivity contribution in [2.24, 2.45) is 0 Å². The normalized spacial score (nSPS) is 16.4. The lowest BCUT2D eigenvalue weighted by atomic mass is 10.2. The third-order valence-electron chi connectivity index (χ3n) is 4.12. The fraction of sp³-hybridized carbons (Fsp3) is 0.562. The van der Waals surface area contributed by atoms with Gasteiger partial charge >= 0.3 is 6.18 Å². The van der Waals surface area contributed by atoms with Crippen molar-refractivity contribution in [2.75, 3.05) is 30.2 Å². The van der Waals surface area contributed by atoms with E-state index in [0.717, 1.165) is 60.5 Å². The number of sulfonamides is 1. The Bertz CT molecular complexity index is 694. The zero-order valence-electron chi connectivity index (χ0n) is 13.9. The van der Waals surface area contributed by atoms with E-state index in [9.17, 15) is 26.4 Å². The van der Waals surface area contributed by atoms with Gasteiger partial charge in [-0.25, -0.2) is 8.42 Å². The number of benzene rings is 1. The minimum Gasteiger partial charge on any atom is -0.341 e. The number of anilines is 1. The molecular weight excluding hydrogens is 357 g/mol. The number of hydrogen-bond acceptors (Lipinski definition) is 3. The van der Waals surface area contributed by atoms with Gasteiger partial charge in [0.1, 0.15) is 6.54 Å². The molecule has 0 aliphatic carbocycles. The van der Waals surface area contributed by atoms with Gasteiger partial charge in [-0.1, -0.05) is 12.8 Å². The van der Waals surface area contributed by atoms with Gasteiger partial charge in [0.05, 0.1) is 17.5 Å². The lowest BCUT2D eigenvalue weighted by Gasteiger charge is -2.26. The molecule has 1 amide bonds. The smallest absolute Gasteiger partial charge is 0.341 e. The van der Waals surface area contributed by atoms with Crippen LogP contribution in [0.2, 0.25) is 0 Å². The summed E-state index contributed by atoms with van der Waals surface area (Å²) >= 11 is 0. The maximum Gasteiger partial charge on any atom is 0.416 e. The van der Waals surface area contributed by atoms with E-state index in [-0.39, 0.29) is 11.6 Å². The van der Waals surface area contributed by atoms with Crippen molar-refractivity contribution in [3.05, 3.63) is 29.8 Å². The summed E-state index contributed by atoms with van der Waals surface area (Å²) in [5.41, 5.74) is -0.831. The van der Waals surface area contributed by atoms with Gasteiger partial charge < -0.3 is 4.90 Å². The molecule has 9 heteroatoms. The highest BCUT2D eigenvalue weighted by atomic mass is 32.2. The van der Waals surface area contributed by atoms with Crippen molar-refractivity contribution in [3.63, 3.8) is 0 Å². The van der Waals surface area contributed by atoms with Crippen LogP contribution in [-0.2, 0) is 21.0 Å². The summed E-state index contributed by atoms with van der Waals surface area (Å²) in [7, 11) is -3.80. The van der Waals surface area contributed by atoms with Crippen LogP contribution in [0.15, 0.2) is 24.3 Å². The highest BCUT2D eigenvalue weighted by molar-refractivity contribution is 7.92. The molecule has 1 aliphatic heterocycles. The van der Waals surface area contributed by atoms with Gasteiger partial charge in [0, 0.05) is 13.1 Å². The number of rotatable bonds is 4. The number of nitrogens with zero attached hydrogens (tertiary/aromatic N) is 2. The second-order valence-electron chi connectivity index (χ2n) is 6.11. The van der Waals surface area contributed by atoms with E-state index in [1.54, 1.807) is 4.90 Å². The molecule has 0 spiro atoms.